The van der Waals surface area contributed by atoms with Gasteiger partial charge >= 0.3 is 0 Å². The molecule has 4 nitrogen and oxygen atoms in total. The molecule has 1 aromatic carbocycles. The molecule has 0 saturated heterocycles. The van der Waals surface area contributed by atoms with Crippen molar-refractivity contribution in [3.05, 3.63) is 35.9 Å². The number of nitrogens with two attached hydrogens (primary N) is 1. The topological polar surface area (TPSA) is 58.4 Å². The fourth-order valence-electron chi connectivity index (χ4n) is 2.26. The van der Waals surface area contributed by atoms with Crippen molar-refractivity contribution in [2.45, 2.75) is 26.2 Å². The molecule has 0 aliphatic rings. The monoisotopic (exact) mass is 277 g/mol. The Morgan fingerprint density at radius 3 is 2.45 bits per heavy atom. The molecule has 0 fully saturated rings. The Balaban J connectivity index is 2.37. The Bertz CT molecular complexity index is 377. The average Bonchev–Trinajstić information content (AvgIpc) is 2.49. The van der Waals surface area contributed by atoms with Crippen molar-refractivity contribution >= 4 is 5.91 Å². The Hall–Kier alpha value is -1.39. The molecule has 0 aromatic heterocycles. The van der Waals surface area contributed by atoms with Gasteiger partial charge in [0.1, 0.15) is 0 Å². The van der Waals surface area contributed by atoms with E-state index in [2.05, 4.69) is 24.1 Å². The highest BCUT2D eigenvalue weighted by Gasteiger charge is 2.17. The van der Waals surface area contributed by atoms with Gasteiger partial charge in [0.2, 0.25) is 5.91 Å². The summed E-state index contributed by atoms with van der Waals surface area (Å²) in [6, 6.07) is 9.72. The van der Waals surface area contributed by atoms with Crippen LogP contribution in [0.4, 0.5) is 0 Å². The first-order valence-electron chi connectivity index (χ1n) is 7.48. The van der Waals surface area contributed by atoms with Crippen LogP contribution in [0.15, 0.2) is 30.3 Å². The van der Waals surface area contributed by atoms with E-state index in [0.29, 0.717) is 13.1 Å². The molecule has 0 bridgehead atoms. The maximum atomic E-state index is 12.2. The van der Waals surface area contributed by atoms with Gasteiger partial charge in [0.25, 0.3) is 0 Å². The maximum Gasteiger partial charge on any atom is 0.228 e. The molecule has 1 rings (SSSR count). The molecule has 112 valence electrons. The second-order valence-electron chi connectivity index (χ2n) is 4.87. The van der Waals surface area contributed by atoms with Crippen LogP contribution in [0, 0.1) is 0 Å². The van der Waals surface area contributed by atoms with E-state index in [1.807, 2.05) is 30.3 Å². The fourth-order valence-corrected chi connectivity index (χ4v) is 2.26. The van der Waals surface area contributed by atoms with Crippen LogP contribution in [0.5, 0.6) is 0 Å². The molecule has 1 atom stereocenters. The number of amides is 1. The number of carbonyl (C=O) groups is 1. The van der Waals surface area contributed by atoms with E-state index in [1.165, 1.54) is 0 Å². The molecule has 0 heterocycles. The Kier molecular flexibility index (Phi) is 7.92. The normalized spacial score (nSPS) is 12.4. The minimum absolute atomic E-state index is 0.0262. The minimum Gasteiger partial charge on any atom is -0.355 e. The Labute approximate surface area is 122 Å². The summed E-state index contributed by atoms with van der Waals surface area (Å²) in [6.45, 7) is 8.49. The molecule has 1 amide bonds. The number of hydrogen-bond acceptors (Lipinski definition) is 3. The molecular formula is C16H27N3O. The van der Waals surface area contributed by atoms with E-state index in [4.69, 9.17) is 5.73 Å². The molecular weight excluding hydrogens is 250 g/mol. The smallest absolute Gasteiger partial charge is 0.228 e. The summed E-state index contributed by atoms with van der Waals surface area (Å²) in [5.74, 6) is -0.220. The van der Waals surface area contributed by atoms with Crippen LogP contribution >= 0.6 is 0 Å². The molecule has 1 unspecified atom stereocenters. The molecule has 1 aromatic rings. The summed E-state index contributed by atoms with van der Waals surface area (Å²) in [4.78, 5) is 14.5. The largest absolute Gasteiger partial charge is 0.355 e. The van der Waals surface area contributed by atoms with E-state index in [0.717, 1.165) is 31.6 Å². The van der Waals surface area contributed by atoms with Crippen molar-refractivity contribution in [1.29, 1.82) is 0 Å². The van der Waals surface area contributed by atoms with Crippen molar-refractivity contribution in [3.63, 3.8) is 0 Å². The second-order valence-corrected chi connectivity index (χ2v) is 4.87. The van der Waals surface area contributed by atoms with Crippen LogP contribution in [0.2, 0.25) is 0 Å². The maximum absolute atomic E-state index is 12.2. The van der Waals surface area contributed by atoms with Gasteiger partial charge in [-0.15, -0.1) is 0 Å². The van der Waals surface area contributed by atoms with Gasteiger partial charge in [-0.05, 0) is 31.6 Å². The van der Waals surface area contributed by atoms with Gasteiger partial charge in [0.05, 0.1) is 5.92 Å². The third-order valence-corrected chi connectivity index (χ3v) is 3.60. The second kappa shape index (κ2) is 9.50. The standard InChI is InChI=1S/C16H27N3O/c1-3-19(4-2)12-8-11-18-16(20)15(13-17)14-9-6-5-7-10-14/h5-7,9-10,15H,3-4,8,11-13,17H2,1-2H3,(H,18,20). The number of carbonyl (C=O) groups excluding carboxylic acids is 1. The molecule has 0 aliphatic heterocycles. The number of benzene rings is 1. The average molecular weight is 277 g/mol. The van der Waals surface area contributed by atoms with Gasteiger partial charge in [0.15, 0.2) is 0 Å². The first-order valence-corrected chi connectivity index (χ1v) is 7.48. The quantitative estimate of drug-likeness (QED) is 0.674. The fraction of sp³-hybridized carbons (Fsp3) is 0.562. The first kappa shape index (κ1) is 16.7. The van der Waals surface area contributed by atoms with Crippen molar-refractivity contribution < 1.29 is 4.79 Å². The van der Waals surface area contributed by atoms with Crippen LogP contribution in [-0.4, -0.2) is 43.5 Å². The summed E-state index contributed by atoms with van der Waals surface area (Å²) < 4.78 is 0. The van der Waals surface area contributed by atoms with Crippen molar-refractivity contribution in [2.24, 2.45) is 5.73 Å². The summed E-state index contributed by atoms with van der Waals surface area (Å²) in [6.07, 6.45) is 0.972. The van der Waals surface area contributed by atoms with Gasteiger partial charge < -0.3 is 16.0 Å². The van der Waals surface area contributed by atoms with Crippen LogP contribution in [0.3, 0.4) is 0 Å². The SMILES string of the molecule is CCN(CC)CCCNC(=O)C(CN)c1ccccc1. The van der Waals surface area contributed by atoms with Crippen molar-refractivity contribution in [1.82, 2.24) is 10.2 Å². The third-order valence-electron chi connectivity index (χ3n) is 3.60. The summed E-state index contributed by atoms with van der Waals surface area (Å²) in [5, 5.41) is 2.99. The zero-order chi connectivity index (χ0) is 14.8. The van der Waals surface area contributed by atoms with E-state index in [-0.39, 0.29) is 11.8 Å². The number of nitrogens with one attached hydrogen (secondary N) is 1. The van der Waals surface area contributed by atoms with E-state index >= 15 is 0 Å². The van der Waals surface area contributed by atoms with Gasteiger partial charge in [0, 0.05) is 13.1 Å². The van der Waals surface area contributed by atoms with Crippen molar-refractivity contribution in [2.75, 3.05) is 32.7 Å². The lowest BCUT2D eigenvalue weighted by Crippen LogP contribution is -2.35. The number of rotatable bonds is 9. The lowest BCUT2D eigenvalue weighted by Gasteiger charge is -2.19. The summed E-state index contributed by atoms with van der Waals surface area (Å²) >= 11 is 0. The van der Waals surface area contributed by atoms with Crippen LogP contribution in [0.1, 0.15) is 31.7 Å². The molecule has 0 saturated carbocycles. The lowest BCUT2D eigenvalue weighted by molar-refractivity contribution is -0.122. The highest BCUT2D eigenvalue weighted by Crippen LogP contribution is 2.13. The van der Waals surface area contributed by atoms with E-state index in [1.54, 1.807) is 0 Å². The van der Waals surface area contributed by atoms with E-state index < -0.39 is 0 Å². The number of hydrogen-bond donors (Lipinski definition) is 2. The van der Waals surface area contributed by atoms with Crippen LogP contribution in [-0.2, 0) is 4.79 Å². The Morgan fingerprint density at radius 1 is 1.25 bits per heavy atom. The summed E-state index contributed by atoms with van der Waals surface area (Å²) in [5.41, 5.74) is 6.71. The molecule has 3 N–H and O–H groups in total. The molecule has 0 aliphatic carbocycles. The van der Waals surface area contributed by atoms with E-state index in [9.17, 15) is 4.79 Å². The molecule has 4 heteroatoms. The molecule has 20 heavy (non-hydrogen) atoms. The summed E-state index contributed by atoms with van der Waals surface area (Å²) in [7, 11) is 0. The molecule has 0 spiro atoms. The minimum atomic E-state index is -0.246. The highest BCUT2D eigenvalue weighted by atomic mass is 16.1. The highest BCUT2D eigenvalue weighted by molar-refractivity contribution is 5.83. The predicted molar refractivity (Wildman–Crippen MR) is 83.7 cm³/mol. The van der Waals surface area contributed by atoms with Gasteiger partial charge in [-0.3, -0.25) is 4.79 Å². The van der Waals surface area contributed by atoms with Gasteiger partial charge in [-0.25, -0.2) is 0 Å². The third kappa shape index (κ3) is 5.31. The number of nitrogens with zero attached hydrogens (tertiary/aromatic N) is 1. The predicted octanol–water partition coefficient (Wildman–Crippen LogP) is 1.58. The van der Waals surface area contributed by atoms with Crippen LogP contribution < -0.4 is 11.1 Å². The van der Waals surface area contributed by atoms with Gasteiger partial charge in [-0.1, -0.05) is 44.2 Å². The zero-order valence-electron chi connectivity index (χ0n) is 12.6. The van der Waals surface area contributed by atoms with Crippen molar-refractivity contribution in [3.8, 4) is 0 Å². The van der Waals surface area contributed by atoms with Gasteiger partial charge in [-0.2, -0.15) is 0 Å². The Morgan fingerprint density at radius 2 is 1.90 bits per heavy atom. The zero-order valence-corrected chi connectivity index (χ0v) is 12.6. The lowest BCUT2D eigenvalue weighted by atomic mass is 9.98. The van der Waals surface area contributed by atoms with Crippen LogP contribution in [0.25, 0.3) is 0 Å². The first-order chi connectivity index (χ1) is 9.72. The molecule has 0 radical (unpaired) electrons.